The van der Waals surface area contributed by atoms with Crippen LogP contribution in [0.2, 0.25) is 0 Å². The highest BCUT2D eigenvalue weighted by atomic mass is 15.1. The molecule has 3 aromatic carbocycles. The van der Waals surface area contributed by atoms with Crippen LogP contribution in [-0.2, 0) is 0 Å². The maximum Gasteiger partial charge on any atom is 0.123 e. The van der Waals surface area contributed by atoms with Crippen LogP contribution in [0.4, 0.5) is 17.1 Å². The third kappa shape index (κ3) is 1.67. The fraction of sp³-hybridized carbons (Fsp3) is 0.0588. The Morgan fingerprint density at radius 3 is 2.10 bits per heavy atom. The molecule has 4 N–H and O–H groups in total. The summed E-state index contributed by atoms with van der Waals surface area (Å²) in [5, 5.41) is 9.56. The van der Waals surface area contributed by atoms with E-state index in [1.165, 1.54) is 10.8 Å². The van der Waals surface area contributed by atoms with Crippen LogP contribution in [0.3, 0.4) is 0 Å². The molecule has 1 aliphatic heterocycles. The van der Waals surface area contributed by atoms with Crippen molar-refractivity contribution in [2.75, 3.05) is 16.4 Å². The van der Waals surface area contributed by atoms with Crippen molar-refractivity contribution < 1.29 is 0 Å². The first-order chi connectivity index (χ1) is 9.81. The van der Waals surface area contributed by atoms with Crippen LogP contribution in [0, 0.1) is 0 Å². The number of hydrogen-bond donors (Lipinski definition) is 3. The summed E-state index contributed by atoms with van der Waals surface area (Å²) in [6, 6.07) is 20.6. The Morgan fingerprint density at radius 2 is 1.45 bits per heavy atom. The van der Waals surface area contributed by atoms with E-state index < -0.39 is 0 Å². The molecule has 0 spiro atoms. The molecular weight excluding hydrogens is 246 g/mol. The van der Waals surface area contributed by atoms with Gasteiger partial charge in [0.05, 0.1) is 0 Å². The van der Waals surface area contributed by atoms with E-state index in [9.17, 15) is 0 Å². The van der Waals surface area contributed by atoms with Gasteiger partial charge in [-0.3, -0.25) is 0 Å². The molecule has 4 rings (SSSR count). The second kappa shape index (κ2) is 4.17. The monoisotopic (exact) mass is 261 g/mol. The van der Waals surface area contributed by atoms with Crippen molar-refractivity contribution in [2.24, 2.45) is 0 Å². The highest BCUT2D eigenvalue weighted by molar-refractivity contribution is 6.04. The molecule has 0 unspecified atom stereocenters. The average molecular weight is 261 g/mol. The topological polar surface area (TPSA) is 50.1 Å². The van der Waals surface area contributed by atoms with Crippen molar-refractivity contribution in [1.82, 2.24) is 0 Å². The average Bonchev–Trinajstić information content (AvgIpc) is 2.48. The summed E-state index contributed by atoms with van der Waals surface area (Å²) in [6.07, 6.45) is 0.0407. The Bertz CT molecular complexity index is 754. The zero-order valence-electron chi connectivity index (χ0n) is 10.9. The summed E-state index contributed by atoms with van der Waals surface area (Å²) in [6.45, 7) is 0. The van der Waals surface area contributed by atoms with Gasteiger partial charge in [0.1, 0.15) is 6.17 Å². The van der Waals surface area contributed by atoms with Gasteiger partial charge in [0.25, 0.3) is 0 Å². The Kier molecular flexibility index (Phi) is 2.33. The van der Waals surface area contributed by atoms with Gasteiger partial charge in [-0.25, -0.2) is 0 Å². The molecule has 0 fully saturated rings. The summed E-state index contributed by atoms with van der Waals surface area (Å²) >= 11 is 0. The molecule has 0 bridgehead atoms. The standard InChI is InChI=1S/C17H15N3/c18-13-7-1-6-12(10-13)17-19-14-8-2-4-11-5-3-9-15(20-17)16(11)14/h1-10,17,19-20H,18H2. The molecule has 0 aliphatic carbocycles. The lowest BCUT2D eigenvalue weighted by Crippen LogP contribution is -2.23. The quantitative estimate of drug-likeness (QED) is 0.581. The zero-order valence-corrected chi connectivity index (χ0v) is 10.9. The molecule has 0 atom stereocenters. The van der Waals surface area contributed by atoms with Crippen molar-refractivity contribution in [2.45, 2.75) is 6.17 Å². The lowest BCUT2D eigenvalue weighted by Gasteiger charge is -2.29. The van der Waals surface area contributed by atoms with E-state index in [-0.39, 0.29) is 6.17 Å². The van der Waals surface area contributed by atoms with Crippen molar-refractivity contribution >= 4 is 27.8 Å². The summed E-state index contributed by atoms with van der Waals surface area (Å²) in [7, 11) is 0. The number of anilines is 3. The van der Waals surface area contributed by atoms with E-state index in [2.05, 4.69) is 53.1 Å². The van der Waals surface area contributed by atoms with E-state index in [1.807, 2.05) is 18.2 Å². The van der Waals surface area contributed by atoms with Crippen LogP contribution >= 0.6 is 0 Å². The first kappa shape index (κ1) is 11.2. The number of hydrogen-bond acceptors (Lipinski definition) is 3. The lowest BCUT2D eigenvalue weighted by atomic mass is 10.0. The Hall–Kier alpha value is -2.68. The van der Waals surface area contributed by atoms with E-state index >= 15 is 0 Å². The van der Waals surface area contributed by atoms with Gasteiger partial charge < -0.3 is 16.4 Å². The van der Waals surface area contributed by atoms with Gasteiger partial charge in [0.2, 0.25) is 0 Å². The largest absolute Gasteiger partial charge is 0.399 e. The van der Waals surface area contributed by atoms with Crippen molar-refractivity contribution in [1.29, 1.82) is 0 Å². The van der Waals surface area contributed by atoms with E-state index in [4.69, 9.17) is 5.73 Å². The minimum atomic E-state index is 0.0407. The summed E-state index contributed by atoms with van der Waals surface area (Å²) < 4.78 is 0. The summed E-state index contributed by atoms with van der Waals surface area (Å²) in [5.74, 6) is 0. The first-order valence-electron chi connectivity index (χ1n) is 6.71. The van der Waals surface area contributed by atoms with Gasteiger partial charge in [-0.1, -0.05) is 36.4 Å². The molecule has 98 valence electrons. The molecule has 1 heterocycles. The van der Waals surface area contributed by atoms with Crippen molar-refractivity contribution in [3.05, 3.63) is 66.2 Å². The van der Waals surface area contributed by atoms with Crippen LogP contribution in [0.25, 0.3) is 10.8 Å². The third-order valence-corrected chi connectivity index (χ3v) is 3.75. The number of benzene rings is 3. The number of nitrogens with two attached hydrogens (primary N) is 1. The number of rotatable bonds is 1. The Balaban J connectivity index is 1.83. The van der Waals surface area contributed by atoms with Crippen LogP contribution in [-0.4, -0.2) is 0 Å². The minimum Gasteiger partial charge on any atom is -0.399 e. The number of nitrogens with one attached hydrogen (secondary N) is 2. The van der Waals surface area contributed by atoms with Gasteiger partial charge in [-0.05, 0) is 35.2 Å². The molecule has 3 heteroatoms. The molecule has 0 amide bonds. The molecule has 0 radical (unpaired) electrons. The maximum absolute atomic E-state index is 5.88. The second-order valence-electron chi connectivity index (χ2n) is 5.10. The van der Waals surface area contributed by atoms with Crippen molar-refractivity contribution in [3.8, 4) is 0 Å². The van der Waals surface area contributed by atoms with E-state index in [0.29, 0.717) is 0 Å². The lowest BCUT2D eigenvalue weighted by molar-refractivity contribution is 0.897. The Morgan fingerprint density at radius 1 is 0.800 bits per heavy atom. The highest BCUT2D eigenvalue weighted by Gasteiger charge is 2.19. The smallest absolute Gasteiger partial charge is 0.123 e. The van der Waals surface area contributed by atoms with Crippen molar-refractivity contribution in [3.63, 3.8) is 0 Å². The predicted octanol–water partition coefficient (Wildman–Crippen LogP) is 3.96. The van der Waals surface area contributed by atoms with Gasteiger partial charge in [-0.15, -0.1) is 0 Å². The highest BCUT2D eigenvalue weighted by Crippen LogP contribution is 2.38. The molecular formula is C17H15N3. The van der Waals surface area contributed by atoms with Gasteiger partial charge in [-0.2, -0.15) is 0 Å². The fourth-order valence-corrected chi connectivity index (χ4v) is 2.83. The maximum atomic E-state index is 5.88. The Labute approximate surface area is 117 Å². The first-order valence-corrected chi connectivity index (χ1v) is 6.71. The summed E-state index contributed by atoms with van der Waals surface area (Å²) in [4.78, 5) is 0. The molecule has 0 saturated heterocycles. The molecule has 3 aromatic rings. The van der Waals surface area contributed by atoms with Crippen LogP contribution < -0.4 is 16.4 Å². The summed E-state index contributed by atoms with van der Waals surface area (Å²) in [5.41, 5.74) is 10.1. The van der Waals surface area contributed by atoms with Crippen LogP contribution in [0.15, 0.2) is 60.7 Å². The normalized spacial score (nSPS) is 13.8. The fourth-order valence-electron chi connectivity index (χ4n) is 2.83. The molecule has 1 aliphatic rings. The van der Waals surface area contributed by atoms with Crippen LogP contribution in [0.5, 0.6) is 0 Å². The number of nitrogen functional groups attached to an aromatic ring is 1. The van der Waals surface area contributed by atoms with Gasteiger partial charge in [0, 0.05) is 22.4 Å². The molecule has 0 aromatic heterocycles. The minimum absolute atomic E-state index is 0.0407. The molecule has 3 nitrogen and oxygen atoms in total. The van der Waals surface area contributed by atoms with E-state index in [0.717, 1.165) is 22.6 Å². The molecule has 0 saturated carbocycles. The van der Waals surface area contributed by atoms with Gasteiger partial charge in [0.15, 0.2) is 0 Å². The second-order valence-corrected chi connectivity index (χ2v) is 5.10. The van der Waals surface area contributed by atoms with E-state index in [1.54, 1.807) is 0 Å². The third-order valence-electron chi connectivity index (χ3n) is 3.75. The van der Waals surface area contributed by atoms with Gasteiger partial charge >= 0.3 is 0 Å². The zero-order chi connectivity index (χ0) is 13.5. The SMILES string of the molecule is Nc1cccc(C2Nc3cccc4cccc(c34)N2)c1. The van der Waals surface area contributed by atoms with Crippen LogP contribution in [0.1, 0.15) is 11.7 Å². The predicted molar refractivity (Wildman–Crippen MR) is 84.8 cm³/mol. The molecule has 20 heavy (non-hydrogen) atoms.